The topological polar surface area (TPSA) is 103 Å². The molecule has 0 amide bonds. The third kappa shape index (κ3) is 2.68. The minimum atomic E-state index is -3.83. The summed E-state index contributed by atoms with van der Waals surface area (Å²) in [7, 11) is -0.957. The number of hydrogen-bond acceptors (Lipinski definition) is 5. The summed E-state index contributed by atoms with van der Waals surface area (Å²) in [6.07, 6.45) is 1.45. The van der Waals surface area contributed by atoms with Crippen molar-refractivity contribution in [3.8, 4) is 0 Å². The highest BCUT2D eigenvalue weighted by molar-refractivity contribution is 7.89. The molecular formula is C15H15N3O5S. The van der Waals surface area contributed by atoms with Gasteiger partial charge in [-0.3, -0.25) is 13.9 Å². The number of hydrogen-bond donors (Lipinski definition) is 1. The summed E-state index contributed by atoms with van der Waals surface area (Å²) < 4.78 is 34.5. The van der Waals surface area contributed by atoms with Crippen LogP contribution in [0.4, 0.5) is 0 Å². The van der Waals surface area contributed by atoms with E-state index in [1.54, 1.807) is 12.1 Å². The van der Waals surface area contributed by atoms with Gasteiger partial charge in [0.15, 0.2) is 0 Å². The van der Waals surface area contributed by atoms with Crippen molar-refractivity contribution in [1.82, 2.24) is 13.9 Å². The zero-order chi connectivity index (χ0) is 17.5. The smallest absolute Gasteiger partial charge is 0.330 e. The molecule has 8 nitrogen and oxygen atoms in total. The van der Waals surface area contributed by atoms with E-state index in [-0.39, 0.29) is 16.8 Å². The maximum absolute atomic E-state index is 12.4. The number of benzene rings is 1. The van der Waals surface area contributed by atoms with Gasteiger partial charge in [-0.25, -0.2) is 17.9 Å². The third-order valence-electron chi connectivity index (χ3n) is 3.77. The summed E-state index contributed by atoms with van der Waals surface area (Å²) >= 11 is 0. The Hall–Kier alpha value is -2.65. The van der Waals surface area contributed by atoms with Gasteiger partial charge in [0.05, 0.1) is 28.6 Å². The molecule has 3 aromatic rings. The van der Waals surface area contributed by atoms with Crippen LogP contribution in [0.3, 0.4) is 0 Å². The van der Waals surface area contributed by atoms with Crippen LogP contribution in [0.1, 0.15) is 5.76 Å². The molecule has 0 fully saturated rings. The van der Waals surface area contributed by atoms with Crippen molar-refractivity contribution < 1.29 is 12.8 Å². The van der Waals surface area contributed by atoms with E-state index in [2.05, 4.69) is 4.72 Å². The molecule has 2 heterocycles. The molecule has 1 aromatic carbocycles. The van der Waals surface area contributed by atoms with Crippen LogP contribution in [0.2, 0.25) is 0 Å². The number of nitrogens with zero attached hydrogens (tertiary/aromatic N) is 2. The Labute approximate surface area is 137 Å². The molecule has 0 atom stereocenters. The lowest BCUT2D eigenvalue weighted by atomic mass is 10.2. The van der Waals surface area contributed by atoms with Crippen LogP contribution in [0.5, 0.6) is 0 Å². The predicted octanol–water partition coefficient (Wildman–Crippen LogP) is 0.309. The van der Waals surface area contributed by atoms with Gasteiger partial charge in [-0.1, -0.05) is 0 Å². The number of aryl methyl sites for hydroxylation is 1. The van der Waals surface area contributed by atoms with Crippen LogP contribution in [-0.4, -0.2) is 17.6 Å². The first-order valence-electron chi connectivity index (χ1n) is 7.03. The molecule has 0 aliphatic carbocycles. The van der Waals surface area contributed by atoms with Gasteiger partial charge in [-0.05, 0) is 30.3 Å². The highest BCUT2D eigenvalue weighted by atomic mass is 32.2. The van der Waals surface area contributed by atoms with E-state index in [0.717, 1.165) is 4.57 Å². The zero-order valence-corrected chi connectivity index (χ0v) is 13.8. The quantitative estimate of drug-likeness (QED) is 0.730. The number of nitrogens with one attached hydrogen (secondary N) is 1. The Morgan fingerprint density at radius 2 is 1.88 bits per heavy atom. The van der Waals surface area contributed by atoms with E-state index in [0.29, 0.717) is 11.3 Å². The lowest BCUT2D eigenvalue weighted by molar-refractivity contribution is 0.498. The van der Waals surface area contributed by atoms with Crippen molar-refractivity contribution >= 4 is 20.9 Å². The largest absolute Gasteiger partial charge is 0.468 e. The van der Waals surface area contributed by atoms with Crippen molar-refractivity contribution in [2.24, 2.45) is 14.1 Å². The number of sulfonamides is 1. The molecular weight excluding hydrogens is 334 g/mol. The third-order valence-corrected chi connectivity index (χ3v) is 5.16. The zero-order valence-electron chi connectivity index (χ0n) is 13.0. The lowest BCUT2D eigenvalue weighted by Gasteiger charge is -2.10. The fourth-order valence-corrected chi connectivity index (χ4v) is 3.42. The van der Waals surface area contributed by atoms with E-state index in [1.165, 1.54) is 43.1 Å². The normalized spacial score (nSPS) is 11.9. The summed E-state index contributed by atoms with van der Waals surface area (Å²) in [5.41, 5.74) is -0.650. The minimum absolute atomic E-state index is 0.00133. The molecule has 0 radical (unpaired) electrons. The Bertz CT molecular complexity index is 1120. The first kappa shape index (κ1) is 16.2. The highest BCUT2D eigenvalue weighted by Gasteiger charge is 2.17. The molecule has 1 N–H and O–H groups in total. The van der Waals surface area contributed by atoms with Crippen LogP contribution in [0.25, 0.3) is 10.9 Å². The average molecular weight is 349 g/mol. The molecule has 0 aliphatic rings. The SMILES string of the molecule is Cn1c(=O)c2cc(S(=O)(=O)NCc3ccco3)ccc2n(C)c1=O. The summed E-state index contributed by atoms with van der Waals surface area (Å²) in [5, 5.41) is 0.153. The standard InChI is InChI=1S/C15H15N3O5S/c1-17-13-6-5-11(8-12(13)14(19)18(2)15(17)20)24(21,22)16-9-10-4-3-7-23-10/h3-8,16H,9H2,1-2H3. The van der Waals surface area contributed by atoms with Crippen molar-refractivity contribution in [2.75, 3.05) is 0 Å². The van der Waals surface area contributed by atoms with Crippen LogP contribution < -0.4 is 16.0 Å². The van der Waals surface area contributed by atoms with Crippen LogP contribution in [-0.2, 0) is 30.7 Å². The van der Waals surface area contributed by atoms with Crippen LogP contribution in [0.15, 0.2) is 55.5 Å². The summed E-state index contributed by atoms with van der Waals surface area (Å²) in [4.78, 5) is 24.1. The molecule has 0 spiro atoms. The fourth-order valence-electron chi connectivity index (χ4n) is 2.40. The van der Waals surface area contributed by atoms with Gasteiger partial charge >= 0.3 is 5.69 Å². The second-order valence-corrected chi connectivity index (χ2v) is 7.06. The minimum Gasteiger partial charge on any atom is -0.468 e. The molecule has 0 aliphatic heterocycles. The van der Waals surface area contributed by atoms with Crippen LogP contribution >= 0.6 is 0 Å². The first-order valence-corrected chi connectivity index (χ1v) is 8.51. The second-order valence-electron chi connectivity index (χ2n) is 5.29. The van der Waals surface area contributed by atoms with E-state index in [9.17, 15) is 18.0 Å². The van der Waals surface area contributed by atoms with Gasteiger partial charge in [0.2, 0.25) is 10.0 Å². The molecule has 24 heavy (non-hydrogen) atoms. The van der Waals surface area contributed by atoms with Crippen molar-refractivity contribution in [3.05, 3.63) is 63.2 Å². The molecule has 0 bridgehead atoms. The number of furan rings is 1. The van der Waals surface area contributed by atoms with Gasteiger partial charge in [-0.2, -0.15) is 0 Å². The van der Waals surface area contributed by atoms with E-state index in [1.807, 2.05) is 0 Å². The number of rotatable bonds is 4. The molecule has 0 unspecified atom stereocenters. The van der Waals surface area contributed by atoms with Gasteiger partial charge < -0.3 is 4.42 Å². The summed E-state index contributed by atoms with van der Waals surface area (Å²) in [6.45, 7) is -0.00133. The lowest BCUT2D eigenvalue weighted by Crippen LogP contribution is -2.37. The highest BCUT2D eigenvalue weighted by Crippen LogP contribution is 2.15. The van der Waals surface area contributed by atoms with Gasteiger partial charge in [0.1, 0.15) is 5.76 Å². The van der Waals surface area contributed by atoms with Gasteiger partial charge in [-0.15, -0.1) is 0 Å². The molecule has 3 rings (SSSR count). The van der Waals surface area contributed by atoms with Crippen molar-refractivity contribution in [2.45, 2.75) is 11.4 Å². The molecule has 0 saturated carbocycles. The molecule has 2 aromatic heterocycles. The Balaban J connectivity index is 2.07. The molecule has 126 valence electrons. The van der Waals surface area contributed by atoms with Crippen LogP contribution in [0, 0.1) is 0 Å². The maximum atomic E-state index is 12.4. The molecule has 9 heteroatoms. The predicted molar refractivity (Wildman–Crippen MR) is 87.2 cm³/mol. The Kier molecular flexibility index (Phi) is 3.90. The number of aromatic nitrogens is 2. The second kappa shape index (κ2) is 5.77. The summed E-state index contributed by atoms with van der Waals surface area (Å²) in [6, 6.07) is 7.37. The van der Waals surface area contributed by atoms with E-state index < -0.39 is 21.3 Å². The van der Waals surface area contributed by atoms with Crippen molar-refractivity contribution in [3.63, 3.8) is 0 Å². The summed E-state index contributed by atoms with van der Waals surface area (Å²) in [5.74, 6) is 0.470. The fraction of sp³-hybridized carbons (Fsp3) is 0.200. The van der Waals surface area contributed by atoms with Gasteiger partial charge in [0.25, 0.3) is 5.56 Å². The van der Waals surface area contributed by atoms with Gasteiger partial charge in [0, 0.05) is 14.1 Å². The monoisotopic (exact) mass is 349 g/mol. The Morgan fingerprint density at radius 1 is 1.12 bits per heavy atom. The average Bonchev–Trinajstić information content (AvgIpc) is 3.09. The Morgan fingerprint density at radius 3 is 2.54 bits per heavy atom. The first-order chi connectivity index (χ1) is 11.3. The van der Waals surface area contributed by atoms with E-state index in [4.69, 9.17) is 4.42 Å². The molecule has 0 saturated heterocycles. The van der Waals surface area contributed by atoms with E-state index >= 15 is 0 Å². The van der Waals surface area contributed by atoms with Crippen molar-refractivity contribution in [1.29, 1.82) is 0 Å². The maximum Gasteiger partial charge on any atom is 0.330 e. The number of fused-ring (bicyclic) bond motifs is 1.